The van der Waals surface area contributed by atoms with E-state index in [9.17, 15) is 9.59 Å². The van der Waals surface area contributed by atoms with Gasteiger partial charge in [0.2, 0.25) is 11.8 Å². The lowest BCUT2D eigenvalue weighted by atomic mass is 10.1. The molecule has 4 N–H and O–H groups in total. The molecule has 0 bridgehead atoms. The molecule has 10 heteroatoms. The minimum atomic E-state index is -0.621. The first-order valence-corrected chi connectivity index (χ1v) is 8.63. The van der Waals surface area contributed by atoms with E-state index in [-0.39, 0.29) is 36.7 Å². The Bertz CT molecular complexity index is 735. The van der Waals surface area contributed by atoms with E-state index in [1.165, 1.54) is 11.8 Å². The number of aromatic nitrogens is 3. The van der Waals surface area contributed by atoms with Crippen LogP contribution in [0.5, 0.6) is 0 Å². The van der Waals surface area contributed by atoms with E-state index in [4.69, 9.17) is 5.73 Å². The molecule has 0 radical (unpaired) electrons. The molecule has 1 atom stereocenters. The summed E-state index contributed by atoms with van der Waals surface area (Å²) in [5, 5.41) is 13.9. The standard InChI is InChI=1S/C16H22N6O2S.ClH/c1-10(2)14(17)15(24)18-8-13(23)20-11-4-6-12(7-5-11)25-16-21-19-9-22(16)3;/h4-7,9-10,14H,8,17H2,1-3H3,(H,18,24)(H,20,23);1H/t14-;/m0./s1. The van der Waals surface area contributed by atoms with Gasteiger partial charge in [0.05, 0.1) is 12.6 Å². The Balaban J connectivity index is 0.00000338. The maximum atomic E-state index is 11.9. The van der Waals surface area contributed by atoms with Gasteiger partial charge in [-0.1, -0.05) is 13.8 Å². The fourth-order valence-corrected chi connectivity index (χ4v) is 2.63. The summed E-state index contributed by atoms with van der Waals surface area (Å²) in [4.78, 5) is 24.6. The highest BCUT2D eigenvalue weighted by Gasteiger charge is 2.17. The normalized spacial score (nSPS) is 11.6. The number of halogens is 1. The zero-order valence-corrected chi connectivity index (χ0v) is 16.4. The number of amides is 2. The van der Waals surface area contributed by atoms with Gasteiger partial charge >= 0.3 is 0 Å². The number of nitrogens with two attached hydrogens (primary N) is 1. The fraction of sp³-hybridized carbons (Fsp3) is 0.375. The third-order valence-corrected chi connectivity index (χ3v) is 4.52. The van der Waals surface area contributed by atoms with Crippen LogP contribution in [0.1, 0.15) is 13.8 Å². The molecule has 0 aliphatic heterocycles. The zero-order valence-electron chi connectivity index (χ0n) is 14.8. The number of carbonyl (C=O) groups is 2. The minimum absolute atomic E-state index is 0. The minimum Gasteiger partial charge on any atom is -0.346 e. The van der Waals surface area contributed by atoms with E-state index in [1.54, 1.807) is 18.5 Å². The van der Waals surface area contributed by atoms with Crippen molar-refractivity contribution in [1.29, 1.82) is 0 Å². The van der Waals surface area contributed by atoms with Crippen LogP contribution in [0, 0.1) is 5.92 Å². The first-order chi connectivity index (χ1) is 11.9. The Morgan fingerprint density at radius 1 is 1.27 bits per heavy atom. The molecule has 0 aliphatic carbocycles. The van der Waals surface area contributed by atoms with Gasteiger partial charge < -0.3 is 20.9 Å². The Morgan fingerprint density at radius 2 is 1.92 bits per heavy atom. The predicted molar refractivity (Wildman–Crippen MR) is 103 cm³/mol. The number of nitrogens with one attached hydrogen (secondary N) is 2. The van der Waals surface area contributed by atoms with Crippen LogP contribution >= 0.6 is 24.2 Å². The van der Waals surface area contributed by atoms with E-state index >= 15 is 0 Å². The van der Waals surface area contributed by atoms with Crippen molar-refractivity contribution in [3.63, 3.8) is 0 Å². The Morgan fingerprint density at radius 3 is 2.46 bits per heavy atom. The SMILES string of the molecule is CC(C)[C@H](N)C(=O)NCC(=O)Nc1ccc(Sc2nncn2C)cc1.Cl. The Labute approximate surface area is 162 Å². The van der Waals surface area contributed by atoms with Crippen LogP contribution in [-0.2, 0) is 16.6 Å². The van der Waals surface area contributed by atoms with Crippen LogP contribution in [0.15, 0.2) is 40.6 Å². The second-order valence-electron chi connectivity index (χ2n) is 5.89. The van der Waals surface area contributed by atoms with Gasteiger partial charge in [-0.2, -0.15) is 0 Å². The molecule has 1 heterocycles. The van der Waals surface area contributed by atoms with Gasteiger partial charge in [-0.05, 0) is 41.9 Å². The first-order valence-electron chi connectivity index (χ1n) is 7.82. The third-order valence-electron chi connectivity index (χ3n) is 3.46. The van der Waals surface area contributed by atoms with E-state index < -0.39 is 6.04 Å². The second-order valence-corrected chi connectivity index (χ2v) is 6.93. The summed E-state index contributed by atoms with van der Waals surface area (Å²) in [7, 11) is 1.87. The molecule has 8 nitrogen and oxygen atoms in total. The molecule has 0 saturated carbocycles. The highest BCUT2D eigenvalue weighted by Crippen LogP contribution is 2.26. The maximum absolute atomic E-state index is 11.9. The van der Waals surface area contributed by atoms with Crippen molar-refractivity contribution in [3.8, 4) is 0 Å². The van der Waals surface area contributed by atoms with E-state index in [0.29, 0.717) is 5.69 Å². The highest BCUT2D eigenvalue weighted by molar-refractivity contribution is 7.99. The van der Waals surface area contributed by atoms with Gasteiger partial charge in [-0.25, -0.2) is 0 Å². The quantitative estimate of drug-likeness (QED) is 0.649. The van der Waals surface area contributed by atoms with Crippen molar-refractivity contribution in [3.05, 3.63) is 30.6 Å². The molecule has 142 valence electrons. The number of carbonyl (C=O) groups excluding carboxylic acids is 2. The largest absolute Gasteiger partial charge is 0.346 e. The van der Waals surface area contributed by atoms with E-state index in [1.807, 2.05) is 37.6 Å². The lowest BCUT2D eigenvalue weighted by Crippen LogP contribution is -2.46. The molecule has 0 saturated heterocycles. The molecule has 1 aromatic heterocycles. The molecule has 2 rings (SSSR count). The summed E-state index contributed by atoms with van der Waals surface area (Å²) in [6.07, 6.45) is 1.64. The van der Waals surface area contributed by atoms with Gasteiger partial charge in [-0.15, -0.1) is 22.6 Å². The first kappa shape index (κ1) is 21.9. The molecular formula is C16H23ClN6O2S. The number of anilines is 1. The highest BCUT2D eigenvalue weighted by atomic mass is 35.5. The van der Waals surface area contributed by atoms with Crippen molar-refractivity contribution >= 4 is 41.7 Å². The Hall–Kier alpha value is -2.10. The van der Waals surface area contributed by atoms with Crippen molar-refractivity contribution in [2.45, 2.75) is 29.9 Å². The summed E-state index contributed by atoms with van der Waals surface area (Å²) >= 11 is 1.47. The molecule has 2 amide bonds. The molecule has 0 fully saturated rings. The fourth-order valence-electron chi connectivity index (χ4n) is 1.87. The number of rotatable bonds is 7. The molecule has 2 aromatic rings. The average Bonchev–Trinajstić information content (AvgIpc) is 2.98. The van der Waals surface area contributed by atoms with Crippen LogP contribution in [0.3, 0.4) is 0 Å². The molecule has 0 unspecified atom stereocenters. The second kappa shape index (κ2) is 10.1. The maximum Gasteiger partial charge on any atom is 0.243 e. The topological polar surface area (TPSA) is 115 Å². The number of hydrogen-bond donors (Lipinski definition) is 3. The lowest BCUT2D eigenvalue weighted by Gasteiger charge is -2.15. The summed E-state index contributed by atoms with van der Waals surface area (Å²) in [6, 6.07) is 6.71. The molecular weight excluding hydrogens is 376 g/mol. The summed E-state index contributed by atoms with van der Waals surface area (Å²) in [5.74, 6) is -0.624. The predicted octanol–water partition coefficient (Wildman–Crippen LogP) is 1.43. The van der Waals surface area contributed by atoms with Gasteiger partial charge in [0.25, 0.3) is 0 Å². The number of hydrogen-bond acceptors (Lipinski definition) is 6. The smallest absolute Gasteiger partial charge is 0.243 e. The van der Waals surface area contributed by atoms with Crippen molar-refractivity contribution in [2.24, 2.45) is 18.7 Å². The monoisotopic (exact) mass is 398 g/mol. The van der Waals surface area contributed by atoms with Gasteiger partial charge in [0.15, 0.2) is 5.16 Å². The van der Waals surface area contributed by atoms with Gasteiger partial charge in [0.1, 0.15) is 6.33 Å². The summed E-state index contributed by atoms with van der Waals surface area (Å²) < 4.78 is 1.82. The van der Waals surface area contributed by atoms with Crippen molar-refractivity contribution in [2.75, 3.05) is 11.9 Å². The van der Waals surface area contributed by atoms with Crippen molar-refractivity contribution < 1.29 is 9.59 Å². The summed E-state index contributed by atoms with van der Waals surface area (Å²) in [5.41, 5.74) is 6.37. The van der Waals surface area contributed by atoms with E-state index in [2.05, 4.69) is 20.8 Å². The van der Waals surface area contributed by atoms with Crippen molar-refractivity contribution in [1.82, 2.24) is 20.1 Å². The molecule has 1 aromatic carbocycles. The van der Waals surface area contributed by atoms with Crippen LogP contribution in [-0.4, -0.2) is 39.2 Å². The molecule has 0 aliphatic rings. The Kier molecular flexibility index (Phi) is 8.56. The zero-order chi connectivity index (χ0) is 18.4. The number of nitrogens with zero attached hydrogens (tertiary/aromatic N) is 3. The number of benzene rings is 1. The molecule has 26 heavy (non-hydrogen) atoms. The third kappa shape index (κ3) is 6.32. The lowest BCUT2D eigenvalue weighted by molar-refractivity contribution is -0.125. The van der Waals surface area contributed by atoms with Gasteiger partial charge in [-0.3, -0.25) is 9.59 Å². The number of aryl methyl sites for hydroxylation is 1. The summed E-state index contributed by atoms with van der Waals surface area (Å²) in [6.45, 7) is 3.59. The van der Waals surface area contributed by atoms with E-state index in [0.717, 1.165) is 10.1 Å². The van der Waals surface area contributed by atoms with Crippen LogP contribution in [0.25, 0.3) is 0 Å². The van der Waals surface area contributed by atoms with Crippen LogP contribution < -0.4 is 16.4 Å². The average molecular weight is 399 g/mol. The van der Waals surface area contributed by atoms with Gasteiger partial charge in [0, 0.05) is 17.6 Å². The van der Waals surface area contributed by atoms with Crippen LogP contribution in [0.4, 0.5) is 5.69 Å². The molecule has 0 spiro atoms. The van der Waals surface area contributed by atoms with Crippen LogP contribution in [0.2, 0.25) is 0 Å².